The van der Waals surface area contributed by atoms with Crippen LogP contribution in [-0.4, -0.2) is 11.1 Å². The van der Waals surface area contributed by atoms with Crippen molar-refractivity contribution in [2.24, 2.45) is 23.2 Å². The van der Waals surface area contributed by atoms with Crippen LogP contribution in [-0.2, 0) is 4.79 Å². The first-order valence-corrected chi connectivity index (χ1v) is 6.37. The SMILES string of the molecule is CC=C(C(=O)O)C(C)(C)C1CC2CCC1C2. The molecule has 3 unspecified atom stereocenters. The number of aliphatic carboxylic acids is 1. The lowest BCUT2D eigenvalue weighted by atomic mass is 9.66. The normalized spacial score (nSPS) is 34.4. The van der Waals surface area contributed by atoms with Crippen LogP contribution < -0.4 is 0 Å². The molecular formula is C14H22O2. The van der Waals surface area contributed by atoms with Crippen molar-refractivity contribution in [2.75, 3.05) is 0 Å². The maximum atomic E-state index is 11.3. The van der Waals surface area contributed by atoms with Gasteiger partial charge in [-0.05, 0) is 49.4 Å². The monoisotopic (exact) mass is 222 g/mol. The number of carbonyl (C=O) groups is 1. The zero-order chi connectivity index (χ0) is 11.9. The molecule has 2 nitrogen and oxygen atoms in total. The van der Waals surface area contributed by atoms with Gasteiger partial charge in [-0.3, -0.25) is 0 Å². The largest absolute Gasteiger partial charge is 0.478 e. The third kappa shape index (κ3) is 1.68. The summed E-state index contributed by atoms with van der Waals surface area (Å²) in [5, 5.41) is 9.27. The molecule has 0 spiro atoms. The summed E-state index contributed by atoms with van der Waals surface area (Å²) >= 11 is 0. The van der Waals surface area contributed by atoms with Crippen molar-refractivity contribution in [2.45, 2.75) is 46.5 Å². The molecule has 16 heavy (non-hydrogen) atoms. The molecule has 0 saturated heterocycles. The Morgan fingerprint density at radius 3 is 2.38 bits per heavy atom. The second-order valence-corrected chi connectivity index (χ2v) is 6.01. The summed E-state index contributed by atoms with van der Waals surface area (Å²) in [6, 6.07) is 0. The van der Waals surface area contributed by atoms with E-state index < -0.39 is 5.97 Å². The van der Waals surface area contributed by atoms with Crippen LogP contribution in [0.1, 0.15) is 46.5 Å². The average molecular weight is 222 g/mol. The van der Waals surface area contributed by atoms with Crippen LogP contribution in [0.2, 0.25) is 0 Å². The van der Waals surface area contributed by atoms with E-state index in [9.17, 15) is 9.90 Å². The summed E-state index contributed by atoms with van der Waals surface area (Å²) in [7, 11) is 0. The number of fused-ring (bicyclic) bond motifs is 2. The molecule has 2 saturated carbocycles. The van der Waals surface area contributed by atoms with E-state index in [4.69, 9.17) is 0 Å². The van der Waals surface area contributed by atoms with Gasteiger partial charge in [0.05, 0.1) is 0 Å². The molecule has 3 atom stereocenters. The van der Waals surface area contributed by atoms with Gasteiger partial charge in [0, 0.05) is 5.57 Å². The molecular weight excluding hydrogens is 200 g/mol. The fraction of sp³-hybridized carbons (Fsp3) is 0.786. The fourth-order valence-corrected chi connectivity index (χ4v) is 4.10. The summed E-state index contributed by atoms with van der Waals surface area (Å²) in [5.74, 6) is 1.49. The predicted octanol–water partition coefficient (Wildman–Crippen LogP) is 3.48. The Bertz CT molecular complexity index is 328. The van der Waals surface area contributed by atoms with Crippen LogP contribution in [0.3, 0.4) is 0 Å². The standard InChI is InChI=1S/C14H22O2/c1-4-11(13(15)16)14(2,3)12-8-9-5-6-10(12)7-9/h4,9-10,12H,5-8H2,1-3H3,(H,15,16). The van der Waals surface area contributed by atoms with E-state index in [0.29, 0.717) is 11.5 Å². The van der Waals surface area contributed by atoms with Crippen molar-refractivity contribution in [1.29, 1.82) is 0 Å². The summed E-state index contributed by atoms with van der Waals surface area (Å²) < 4.78 is 0. The van der Waals surface area contributed by atoms with Gasteiger partial charge in [-0.1, -0.05) is 26.3 Å². The van der Waals surface area contributed by atoms with Crippen molar-refractivity contribution >= 4 is 5.97 Å². The summed E-state index contributed by atoms with van der Waals surface area (Å²) in [6.45, 7) is 6.07. The molecule has 0 aromatic rings. The summed E-state index contributed by atoms with van der Waals surface area (Å²) in [6.07, 6.45) is 7.05. The Morgan fingerprint density at radius 1 is 1.31 bits per heavy atom. The zero-order valence-corrected chi connectivity index (χ0v) is 10.5. The third-order valence-electron chi connectivity index (χ3n) is 4.88. The maximum absolute atomic E-state index is 11.3. The van der Waals surface area contributed by atoms with Gasteiger partial charge in [-0.2, -0.15) is 0 Å². The minimum atomic E-state index is -0.740. The number of rotatable bonds is 3. The van der Waals surface area contributed by atoms with E-state index in [-0.39, 0.29) is 5.41 Å². The van der Waals surface area contributed by atoms with Gasteiger partial charge in [0.1, 0.15) is 0 Å². The first kappa shape index (κ1) is 11.7. The van der Waals surface area contributed by atoms with Crippen LogP contribution in [0.15, 0.2) is 11.6 Å². The van der Waals surface area contributed by atoms with E-state index >= 15 is 0 Å². The maximum Gasteiger partial charge on any atom is 0.331 e. The first-order valence-electron chi connectivity index (χ1n) is 6.37. The number of allylic oxidation sites excluding steroid dienone is 1. The van der Waals surface area contributed by atoms with Crippen LogP contribution in [0, 0.1) is 23.2 Å². The van der Waals surface area contributed by atoms with Crippen LogP contribution in [0.4, 0.5) is 0 Å². The van der Waals surface area contributed by atoms with Crippen molar-refractivity contribution in [3.63, 3.8) is 0 Å². The van der Waals surface area contributed by atoms with Gasteiger partial charge >= 0.3 is 5.97 Å². The Kier molecular flexibility index (Phi) is 2.85. The Balaban J connectivity index is 2.22. The molecule has 90 valence electrons. The molecule has 2 rings (SSSR count). The molecule has 0 amide bonds. The fourth-order valence-electron chi connectivity index (χ4n) is 4.10. The topological polar surface area (TPSA) is 37.3 Å². The van der Waals surface area contributed by atoms with Crippen LogP contribution >= 0.6 is 0 Å². The molecule has 2 fully saturated rings. The highest BCUT2D eigenvalue weighted by Gasteiger charge is 2.48. The minimum Gasteiger partial charge on any atom is -0.478 e. The van der Waals surface area contributed by atoms with Gasteiger partial charge in [0.15, 0.2) is 0 Å². The van der Waals surface area contributed by atoms with Crippen LogP contribution in [0.5, 0.6) is 0 Å². The average Bonchev–Trinajstić information content (AvgIpc) is 2.78. The molecule has 0 aromatic carbocycles. The van der Waals surface area contributed by atoms with Gasteiger partial charge < -0.3 is 5.11 Å². The predicted molar refractivity (Wildman–Crippen MR) is 64.1 cm³/mol. The molecule has 0 radical (unpaired) electrons. The molecule has 0 aromatic heterocycles. The second-order valence-electron chi connectivity index (χ2n) is 6.01. The van der Waals surface area contributed by atoms with Crippen molar-refractivity contribution in [1.82, 2.24) is 0 Å². The van der Waals surface area contributed by atoms with Crippen molar-refractivity contribution in [3.8, 4) is 0 Å². The molecule has 2 aliphatic carbocycles. The lowest BCUT2D eigenvalue weighted by Gasteiger charge is -2.37. The van der Waals surface area contributed by atoms with E-state index in [1.54, 1.807) is 6.08 Å². The molecule has 2 bridgehead atoms. The van der Waals surface area contributed by atoms with Crippen molar-refractivity contribution < 1.29 is 9.90 Å². The first-order chi connectivity index (χ1) is 7.46. The summed E-state index contributed by atoms with van der Waals surface area (Å²) in [4.78, 5) is 11.3. The zero-order valence-electron chi connectivity index (χ0n) is 10.5. The van der Waals surface area contributed by atoms with E-state index in [1.807, 2.05) is 6.92 Å². The van der Waals surface area contributed by atoms with Gasteiger partial charge in [-0.25, -0.2) is 4.79 Å². The molecule has 1 N–H and O–H groups in total. The summed E-state index contributed by atoms with van der Waals surface area (Å²) in [5.41, 5.74) is 0.436. The number of hydrogen-bond donors (Lipinski definition) is 1. The molecule has 2 heteroatoms. The number of carboxylic acid groups (broad SMARTS) is 1. The van der Waals surface area contributed by atoms with Crippen molar-refractivity contribution in [3.05, 3.63) is 11.6 Å². The number of hydrogen-bond acceptors (Lipinski definition) is 1. The van der Waals surface area contributed by atoms with Gasteiger partial charge in [-0.15, -0.1) is 0 Å². The van der Waals surface area contributed by atoms with E-state index in [1.165, 1.54) is 25.7 Å². The highest BCUT2D eigenvalue weighted by Crippen LogP contribution is 2.56. The number of carboxylic acids is 1. The minimum absolute atomic E-state index is 0.166. The Morgan fingerprint density at radius 2 is 2.00 bits per heavy atom. The lowest BCUT2D eigenvalue weighted by molar-refractivity contribution is -0.134. The smallest absolute Gasteiger partial charge is 0.331 e. The third-order valence-corrected chi connectivity index (χ3v) is 4.88. The molecule has 2 aliphatic rings. The Hall–Kier alpha value is -0.790. The van der Waals surface area contributed by atoms with Crippen LogP contribution in [0.25, 0.3) is 0 Å². The van der Waals surface area contributed by atoms with Gasteiger partial charge in [0.25, 0.3) is 0 Å². The highest BCUT2D eigenvalue weighted by atomic mass is 16.4. The molecule has 0 heterocycles. The molecule has 0 aliphatic heterocycles. The van der Waals surface area contributed by atoms with E-state index in [2.05, 4.69) is 13.8 Å². The second kappa shape index (κ2) is 3.90. The highest BCUT2D eigenvalue weighted by molar-refractivity contribution is 5.88. The lowest BCUT2D eigenvalue weighted by Crippen LogP contribution is -2.33. The van der Waals surface area contributed by atoms with Gasteiger partial charge in [0.2, 0.25) is 0 Å². The quantitative estimate of drug-likeness (QED) is 0.742. The Labute approximate surface area is 97.7 Å². The van der Waals surface area contributed by atoms with E-state index in [0.717, 1.165) is 11.8 Å².